The van der Waals surface area contributed by atoms with Crippen LogP contribution in [0.15, 0.2) is 57.1 Å². The van der Waals surface area contributed by atoms with Gasteiger partial charge in [0.15, 0.2) is 0 Å². The molecule has 0 aliphatic rings. The number of phenolic OH excluding ortho intramolecular Hbond substituents is 1. The van der Waals surface area contributed by atoms with Gasteiger partial charge in [0, 0.05) is 16.6 Å². The zero-order chi connectivity index (χ0) is 19.4. The van der Waals surface area contributed by atoms with Crippen LogP contribution in [0.5, 0.6) is 5.75 Å². The minimum Gasteiger partial charge on any atom is -0.507 e. The molecule has 0 unspecified atom stereocenters. The van der Waals surface area contributed by atoms with Crippen LogP contribution in [-0.2, 0) is 16.7 Å². The molecule has 0 aliphatic heterocycles. The Hall–Kier alpha value is -2.01. The molecule has 0 amide bonds. The Balaban J connectivity index is 1.95. The summed E-state index contributed by atoms with van der Waals surface area (Å²) in [6.07, 6.45) is 1.70. The van der Waals surface area contributed by atoms with E-state index in [-0.39, 0.29) is 17.9 Å². The van der Waals surface area contributed by atoms with Gasteiger partial charge >= 0.3 is 0 Å². The fourth-order valence-corrected chi connectivity index (χ4v) is 4.37. The molecule has 3 rings (SSSR count). The number of halogens is 1. The number of fused-ring (bicyclic) bond motifs is 1. The van der Waals surface area contributed by atoms with E-state index in [1.165, 1.54) is 17.6 Å². The Labute approximate surface area is 168 Å². The summed E-state index contributed by atoms with van der Waals surface area (Å²) in [6.45, 7) is 0.375. The smallest absolute Gasteiger partial charge is 0.264 e. The molecule has 2 aromatic carbocycles. The number of aromatic hydroxyl groups is 1. The summed E-state index contributed by atoms with van der Waals surface area (Å²) in [7, 11) is -4.01. The number of phenols is 1. The number of aromatic nitrogens is 1. The first-order chi connectivity index (χ1) is 12.8. The van der Waals surface area contributed by atoms with Crippen LogP contribution in [-0.4, -0.2) is 34.6 Å². The zero-order valence-electron chi connectivity index (χ0n) is 14.0. The summed E-state index contributed by atoms with van der Waals surface area (Å²) in [4.78, 5) is 0.595. The summed E-state index contributed by atoms with van der Waals surface area (Å²) in [5.41, 5.74) is 1.43. The number of rotatable bonds is 6. The Morgan fingerprint density at radius 2 is 2.00 bits per heavy atom. The van der Waals surface area contributed by atoms with Gasteiger partial charge in [-0.05, 0) is 36.8 Å². The summed E-state index contributed by atoms with van der Waals surface area (Å²) in [5, 5.41) is 18.2. The van der Waals surface area contributed by atoms with E-state index >= 15 is 0 Å². The van der Waals surface area contributed by atoms with E-state index in [9.17, 15) is 13.5 Å². The maximum atomic E-state index is 11.0. The van der Waals surface area contributed by atoms with Crippen molar-refractivity contribution in [3.8, 4) is 5.75 Å². The van der Waals surface area contributed by atoms with E-state index in [4.69, 9.17) is 4.55 Å². The van der Waals surface area contributed by atoms with Gasteiger partial charge < -0.3 is 9.67 Å². The van der Waals surface area contributed by atoms with Crippen LogP contribution in [0, 0.1) is 0 Å². The van der Waals surface area contributed by atoms with Crippen LogP contribution in [0.4, 0.5) is 0 Å². The molecule has 1 aromatic heterocycles. The molecule has 0 saturated carbocycles. The molecule has 10 heteroatoms. The minimum absolute atomic E-state index is 0.0921. The highest BCUT2D eigenvalue weighted by Crippen LogP contribution is 2.20. The Morgan fingerprint density at radius 1 is 1.22 bits per heavy atom. The molecule has 0 spiro atoms. The number of nitrogens with zero attached hydrogens (tertiary/aromatic N) is 3. The maximum absolute atomic E-state index is 11.0. The lowest BCUT2D eigenvalue weighted by molar-refractivity contribution is 0.474. The van der Waals surface area contributed by atoms with Crippen molar-refractivity contribution in [3.05, 3.63) is 57.3 Å². The van der Waals surface area contributed by atoms with Crippen LogP contribution in [0.2, 0.25) is 0 Å². The Morgan fingerprint density at radius 3 is 2.78 bits per heavy atom. The Kier molecular flexibility index (Phi) is 6.10. The lowest BCUT2D eigenvalue weighted by Crippen LogP contribution is -2.17. The van der Waals surface area contributed by atoms with Crippen LogP contribution >= 0.6 is 27.3 Å². The molecular weight excluding hydrogens is 454 g/mol. The zero-order valence-corrected chi connectivity index (χ0v) is 17.2. The lowest BCUT2D eigenvalue weighted by atomic mass is 10.2. The van der Waals surface area contributed by atoms with Crippen molar-refractivity contribution >= 4 is 53.8 Å². The molecule has 1 heterocycles. The third-order valence-electron chi connectivity index (χ3n) is 3.70. The van der Waals surface area contributed by atoms with E-state index in [0.717, 1.165) is 14.7 Å². The molecule has 2 N–H and O–H groups in total. The third kappa shape index (κ3) is 5.25. The van der Waals surface area contributed by atoms with Gasteiger partial charge in [0.2, 0.25) is 4.80 Å². The first-order valence-electron chi connectivity index (χ1n) is 7.92. The summed E-state index contributed by atoms with van der Waals surface area (Å²) in [6, 6.07) is 12.7. The van der Waals surface area contributed by atoms with Crippen molar-refractivity contribution < 1.29 is 18.1 Å². The van der Waals surface area contributed by atoms with Crippen molar-refractivity contribution in [2.45, 2.75) is 13.0 Å². The molecule has 0 fully saturated rings. The second-order valence-corrected chi connectivity index (χ2v) is 9.19. The lowest BCUT2D eigenvalue weighted by Gasteiger charge is -2.03. The Bertz CT molecular complexity index is 1170. The highest BCUT2D eigenvalue weighted by Gasteiger charge is 2.08. The predicted octanol–water partition coefficient (Wildman–Crippen LogP) is 3.38. The fourth-order valence-electron chi connectivity index (χ4n) is 2.49. The highest BCUT2D eigenvalue weighted by atomic mass is 79.9. The summed E-state index contributed by atoms with van der Waals surface area (Å²) >= 11 is 4.76. The largest absolute Gasteiger partial charge is 0.507 e. The average Bonchev–Trinajstić information content (AvgIpc) is 2.95. The molecule has 0 bridgehead atoms. The van der Waals surface area contributed by atoms with Crippen molar-refractivity contribution in [1.82, 2.24) is 4.57 Å². The molecule has 3 aromatic rings. The van der Waals surface area contributed by atoms with Gasteiger partial charge in [-0.25, -0.2) is 0 Å². The SMILES string of the molecule is O=S(=O)(O)CCCn1c(=N/N=C/c2cc(Br)ccc2O)sc2ccccc21. The van der Waals surface area contributed by atoms with Crippen LogP contribution < -0.4 is 4.80 Å². The number of hydrogen-bond donors (Lipinski definition) is 2. The van der Waals surface area contributed by atoms with Gasteiger partial charge in [-0.3, -0.25) is 4.55 Å². The van der Waals surface area contributed by atoms with Gasteiger partial charge in [-0.2, -0.15) is 13.5 Å². The van der Waals surface area contributed by atoms with Crippen LogP contribution in [0.25, 0.3) is 10.2 Å². The monoisotopic (exact) mass is 469 g/mol. The summed E-state index contributed by atoms with van der Waals surface area (Å²) in [5.74, 6) is -0.228. The number of benzene rings is 2. The molecule has 0 saturated heterocycles. The van der Waals surface area contributed by atoms with Crippen LogP contribution in [0.3, 0.4) is 0 Å². The topological polar surface area (TPSA) is 104 Å². The van der Waals surface area contributed by atoms with Gasteiger partial charge in [0.25, 0.3) is 10.1 Å². The molecule has 27 heavy (non-hydrogen) atoms. The molecule has 0 radical (unpaired) electrons. The molecule has 0 aliphatic carbocycles. The van der Waals surface area contributed by atoms with Gasteiger partial charge in [-0.1, -0.05) is 39.4 Å². The standard InChI is InChI=1S/C17H16BrN3O4S2/c18-13-6-7-15(22)12(10-13)11-19-20-17-21(8-3-9-27(23,24)25)14-4-1-2-5-16(14)26-17/h1-2,4-7,10-11,22H,3,8-9H2,(H,23,24,25)/b19-11+,20-17?. The van der Waals surface area contributed by atoms with Crippen molar-refractivity contribution in [2.24, 2.45) is 10.2 Å². The molecule has 142 valence electrons. The minimum atomic E-state index is -4.01. The number of para-hydroxylation sites is 1. The second kappa shape index (κ2) is 8.34. The molecule has 7 nitrogen and oxygen atoms in total. The fraction of sp³-hybridized carbons (Fsp3) is 0.176. The summed E-state index contributed by atoms with van der Waals surface area (Å²) < 4.78 is 34.5. The maximum Gasteiger partial charge on any atom is 0.264 e. The number of thiazole rings is 1. The normalized spacial score (nSPS) is 13.0. The van der Waals surface area contributed by atoms with Gasteiger partial charge in [0.1, 0.15) is 5.75 Å². The van der Waals surface area contributed by atoms with Gasteiger partial charge in [0.05, 0.1) is 22.2 Å². The average molecular weight is 470 g/mol. The first kappa shape index (κ1) is 19.7. The predicted molar refractivity (Wildman–Crippen MR) is 110 cm³/mol. The van der Waals surface area contributed by atoms with Gasteiger partial charge in [-0.15, -0.1) is 5.10 Å². The first-order valence-corrected chi connectivity index (χ1v) is 11.1. The highest BCUT2D eigenvalue weighted by molar-refractivity contribution is 9.10. The van der Waals surface area contributed by atoms with Crippen molar-refractivity contribution in [3.63, 3.8) is 0 Å². The van der Waals surface area contributed by atoms with E-state index < -0.39 is 10.1 Å². The second-order valence-electron chi connectivity index (χ2n) is 5.69. The van der Waals surface area contributed by atoms with Crippen molar-refractivity contribution in [1.29, 1.82) is 0 Å². The molecule has 0 atom stereocenters. The van der Waals surface area contributed by atoms with Crippen LogP contribution in [0.1, 0.15) is 12.0 Å². The van der Waals surface area contributed by atoms with E-state index in [0.29, 0.717) is 16.9 Å². The number of hydrogen-bond acceptors (Lipinski definition) is 6. The quantitative estimate of drug-likeness (QED) is 0.327. The van der Waals surface area contributed by atoms with Crippen molar-refractivity contribution in [2.75, 3.05) is 5.75 Å². The van der Waals surface area contributed by atoms with E-state index in [1.807, 2.05) is 28.8 Å². The van der Waals surface area contributed by atoms with E-state index in [1.54, 1.807) is 18.2 Å². The number of aryl methyl sites for hydroxylation is 1. The van der Waals surface area contributed by atoms with E-state index in [2.05, 4.69) is 26.1 Å². The molecular formula is C17H16BrN3O4S2. The third-order valence-corrected chi connectivity index (χ3v) is 6.05.